The Bertz CT molecular complexity index is 2230. The van der Waals surface area contributed by atoms with E-state index in [2.05, 4.69) is 21.3 Å². The van der Waals surface area contributed by atoms with E-state index in [9.17, 15) is 24.0 Å². The van der Waals surface area contributed by atoms with Crippen molar-refractivity contribution in [2.75, 3.05) is 22.6 Å². The van der Waals surface area contributed by atoms with Crippen molar-refractivity contribution < 1.29 is 28.7 Å². The molecule has 0 bridgehead atoms. The fraction of sp³-hybridized carbons (Fsp3) is 0.125. The van der Waals surface area contributed by atoms with Crippen molar-refractivity contribution in [2.45, 2.75) is 30.9 Å². The molecule has 1 atom stereocenters. The molecule has 276 valence electrons. The summed E-state index contributed by atoms with van der Waals surface area (Å²) < 4.78 is 5.25. The first kappa shape index (κ1) is 39.8. The van der Waals surface area contributed by atoms with Crippen molar-refractivity contribution in [1.29, 1.82) is 0 Å². The number of anilines is 3. The number of rotatable bonds is 13. The summed E-state index contributed by atoms with van der Waals surface area (Å²) in [6.45, 7) is 5.10. The van der Waals surface area contributed by atoms with Gasteiger partial charge >= 0.3 is 5.97 Å². The minimum absolute atomic E-state index is 0.0701. The highest BCUT2D eigenvalue weighted by molar-refractivity contribution is 8.00. The molecule has 5 rings (SSSR count). The molecule has 0 saturated heterocycles. The topological polar surface area (TPSA) is 143 Å². The monoisotopic (exact) mass is 800 g/mol. The van der Waals surface area contributed by atoms with Gasteiger partial charge in [-0.2, -0.15) is 0 Å². The highest BCUT2D eigenvalue weighted by Gasteiger charge is 2.28. The van der Waals surface area contributed by atoms with Crippen LogP contribution in [-0.4, -0.2) is 41.5 Å². The molecular formula is C40H34Cl2N4O6S2. The number of hydrogen-bond donors (Lipinski definition) is 4. The Morgan fingerprint density at radius 1 is 0.815 bits per heavy atom. The minimum atomic E-state index is -0.678. The summed E-state index contributed by atoms with van der Waals surface area (Å²) in [7, 11) is 0. The highest BCUT2D eigenvalue weighted by atomic mass is 35.5. The van der Waals surface area contributed by atoms with Crippen molar-refractivity contribution in [1.82, 2.24) is 5.32 Å². The van der Waals surface area contributed by atoms with Crippen LogP contribution >= 0.6 is 46.3 Å². The number of thioether (sulfide) groups is 1. The van der Waals surface area contributed by atoms with Gasteiger partial charge < -0.3 is 26.0 Å². The summed E-state index contributed by atoms with van der Waals surface area (Å²) in [5, 5.41) is 11.3. The zero-order valence-corrected chi connectivity index (χ0v) is 32.3. The van der Waals surface area contributed by atoms with E-state index in [1.165, 1.54) is 23.9 Å². The highest BCUT2D eigenvalue weighted by Crippen LogP contribution is 2.36. The van der Waals surface area contributed by atoms with Crippen molar-refractivity contribution in [2.24, 2.45) is 0 Å². The van der Waals surface area contributed by atoms with E-state index >= 15 is 0 Å². The van der Waals surface area contributed by atoms with Crippen LogP contribution in [0.3, 0.4) is 0 Å². The van der Waals surface area contributed by atoms with Gasteiger partial charge in [0.15, 0.2) is 0 Å². The molecule has 1 unspecified atom stereocenters. The van der Waals surface area contributed by atoms with Crippen LogP contribution in [0.1, 0.15) is 55.4 Å². The van der Waals surface area contributed by atoms with Crippen LogP contribution in [0.25, 0.3) is 6.08 Å². The van der Waals surface area contributed by atoms with Crippen LogP contribution in [0.15, 0.2) is 114 Å². The number of hydrogen-bond acceptors (Lipinski definition) is 8. The van der Waals surface area contributed by atoms with E-state index in [4.69, 9.17) is 27.9 Å². The summed E-state index contributed by atoms with van der Waals surface area (Å²) in [6.07, 6.45) is 1.45. The first-order valence-electron chi connectivity index (χ1n) is 16.5. The Labute approximate surface area is 330 Å². The molecule has 0 spiro atoms. The second-order valence-corrected chi connectivity index (χ2v) is 14.9. The molecule has 1 aromatic heterocycles. The van der Waals surface area contributed by atoms with Crippen molar-refractivity contribution >= 4 is 98.4 Å². The van der Waals surface area contributed by atoms with E-state index in [1.54, 1.807) is 112 Å². The second-order valence-electron chi connectivity index (χ2n) is 11.6. The fourth-order valence-corrected chi connectivity index (χ4v) is 7.49. The summed E-state index contributed by atoms with van der Waals surface area (Å²) in [4.78, 5) is 67.3. The normalized spacial score (nSPS) is 11.6. The summed E-state index contributed by atoms with van der Waals surface area (Å²) in [5.41, 5.74) is 2.21. The smallest absolute Gasteiger partial charge is 0.341 e. The number of amides is 4. The van der Waals surface area contributed by atoms with Crippen molar-refractivity contribution in [3.8, 4) is 0 Å². The third-order valence-electron chi connectivity index (χ3n) is 7.67. The Balaban J connectivity index is 1.31. The number of nitrogens with one attached hydrogen (secondary N) is 4. The number of carbonyl (C=O) groups is 5. The van der Waals surface area contributed by atoms with E-state index in [-0.39, 0.29) is 32.8 Å². The van der Waals surface area contributed by atoms with Gasteiger partial charge in [0.1, 0.15) is 10.7 Å². The molecule has 54 heavy (non-hydrogen) atoms. The third-order valence-corrected chi connectivity index (χ3v) is 10.5. The number of esters is 1. The van der Waals surface area contributed by atoms with Crippen LogP contribution in [0.5, 0.6) is 0 Å². The molecule has 0 fully saturated rings. The largest absolute Gasteiger partial charge is 0.462 e. The van der Waals surface area contributed by atoms with Crippen LogP contribution in [0.4, 0.5) is 16.4 Å². The lowest BCUT2D eigenvalue weighted by Crippen LogP contribution is -2.30. The predicted molar refractivity (Wildman–Crippen MR) is 217 cm³/mol. The van der Waals surface area contributed by atoms with Gasteiger partial charge in [-0.05, 0) is 92.6 Å². The second kappa shape index (κ2) is 18.6. The van der Waals surface area contributed by atoms with Gasteiger partial charge in [0.2, 0.25) is 5.91 Å². The maximum Gasteiger partial charge on any atom is 0.341 e. The third kappa shape index (κ3) is 10.4. The lowest BCUT2D eigenvalue weighted by atomic mass is 10.1. The summed E-state index contributed by atoms with van der Waals surface area (Å²) in [6, 6.07) is 28.9. The van der Waals surface area contributed by atoms with Crippen LogP contribution in [0.2, 0.25) is 10.0 Å². The van der Waals surface area contributed by atoms with Gasteiger partial charge in [0.25, 0.3) is 17.7 Å². The number of para-hydroxylation sites is 1. The van der Waals surface area contributed by atoms with E-state index in [0.717, 1.165) is 11.3 Å². The minimum Gasteiger partial charge on any atom is -0.462 e. The number of ether oxygens (including phenoxy) is 1. The van der Waals surface area contributed by atoms with Gasteiger partial charge in [-0.3, -0.25) is 19.2 Å². The average Bonchev–Trinajstić information content (AvgIpc) is 3.48. The van der Waals surface area contributed by atoms with Crippen LogP contribution in [0, 0.1) is 6.92 Å². The lowest BCUT2D eigenvalue weighted by Gasteiger charge is -2.14. The number of halogens is 2. The zero-order chi connectivity index (χ0) is 38.8. The zero-order valence-electron chi connectivity index (χ0n) is 29.2. The Kier molecular flexibility index (Phi) is 13.7. The Hall–Kier alpha value is -5.40. The summed E-state index contributed by atoms with van der Waals surface area (Å²) in [5.74, 6) is -2.63. The first-order valence-corrected chi connectivity index (χ1v) is 19.0. The molecule has 4 N–H and O–H groups in total. The maximum atomic E-state index is 13.6. The molecule has 1 heterocycles. The molecule has 0 saturated carbocycles. The SMILES string of the molecule is CCOC(=O)c1c(NC(=O)C(C)Sc2cccc(NC(=O)/C(=C\c3ccc(Cl)cc3Cl)NC(=O)c3ccccc3)c2)sc(C(=O)Nc2ccccc2)c1C. The number of benzene rings is 4. The van der Waals surface area contributed by atoms with Gasteiger partial charge in [0, 0.05) is 31.9 Å². The average molecular weight is 802 g/mol. The summed E-state index contributed by atoms with van der Waals surface area (Å²) >= 11 is 14.6. The molecule has 4 amide bonds. The first-order chi connectivity index (χ1) is 25.9. The molecule has 10 nitrogen and oxygen atoms in total. The quantitative estimate of drug-likeness (QED) is 0.0528. The van der Waals surface area contributed by atoms with Crippen LogP contribution in [-0.2, 0) is 14.3 Å². The van der Waals surface area contributed by atoms with Gasteiger partial charge in [-0.25, -0.2) is 4.79 Å². The molecule has 0 aliphatic rings. The van der Waals surface area contributed by atoms with Gasteiger partial charge in [-0.15, -0.1) is 23.1 Å². The molecule has 0 radical (unpaired) electrons. The Morgan fingerprint density at radius 3 is 2.19 bits per heavy atom. The number of thiophene rings is 1. The van der Waals surface area contributed by atoms with E-state index < -0.39 is 34.8 Å². The number of carbonyl (C=O) groups excluding carboxylic acids is 5. The Morgan fingerprint density at radius 2 is 1.50 bits per heavy atom. The van der Waals surface area contributed by atoms with E-state index in [0.29, 0.717) is 38.0 Å². The fourth-order valence-electron chi connectivity index (χ4n) is 5.01. The standard InChI is InChI=1S/C40H34Cl2N4O6S2/c1-4-52-40(51)33-23(2)34(38(50)43-28-14-9-6-10-15-28)54-39(33)46-35(47)24(3)53-30-17-11-16-29(22-30)44-37(49)32(20-26-18-19-27(41)21-31(26)42)45-36(48)25-12-7-5-8-13-25/h5-22,24H,4H2,1-3H3,(H,43,50)(H,44,49)(H,45,48)(H,46,47)/b32-20+. The molecule has 14 heteroatoms. The predicted octanol–water partition coefficient (Wildman–Crippen LogP) is 9.32. The van der Waals surface area contributed by atoms with Crippen molar-refractivity contribution in [3.63, 3.8) is 0 Å². The lowest BCUT2D eigenvalue weighted by molar-refractivity contribution is -0.115. The van der Waals surface area contributed by atoms with Gasteiger partial charge in [-0.1, -0.05) is 71.7 Å². The van der Waals surface area contributed by atoms with Crippen molar-refractivity contribution in [3.05, 3.63) is 146 Å². The molecule has 5 aromatic rings. The molecule has 0 aliphatic carbocycles. The van der Waals surface area contributed by atoms with Gasteiger partial charge in [0.05, 0.1) is 22.3 Å². The molecule has 4 aromatic carbocycles. The van der Waals surface area contributed by atoms with E-state index in [1.807, 2.05) is 6.07 Å². The molecular weight excluding hydrogens is 768 g/mol. The maximum absolute atomic E-state index is 13.6. The van der Waals surface area contributed by atoms with Crippen LogP contribution < -0.4 is 21.3 Å². The molecule has 0 aliphatic heterocycles.